The third-order valence-corrected chi connectivity index (χ3v) is 2.95. The molecule has 1 amide bonds. The lowest BCUT2D eigenvalue weighted by Gasteiger charge is -2.38. The minimum absolute atomic E-state index is 0.0581. The smallest absolute Gasteiger partial charge is 0.303 e. The number of carbonyl (C=O) groups is 2. The summed E-state index contributed by atoms with van der Waals surface area (Å²) in [6.07, 6.45) is 1.78. The van der Waals surface area contributed by atoms with Gasteiger partial charge in [0.05, 0.1) is 12.0 Å². The van der Waals surface area contributed by atoms with E-state index in [2.05, 4.69) is 4.98 Å². The number of hydrogen-bond donors (Lipinski definition) is 1. The molecule has 0 unspecified atom stereocenters. The van der Waals surface area contributed by atoms with Crippen molar-refractivity contribution < 1.29 is 14.7 Å². The molecule has 0 saturated carbocycles. The average Bonchev–Trinajstić information content (AvgIpc) is 2.22. The fourth-order valence-corrected chi connectivity index (χ4v) is 1.99. The molecule has 1 aliphatic rings. The van der Waals surface area contributed by atoms with Gasteiger partial charge < -0.3 is 10.0 Å². The van der Waals surface area contributed by atoms with Gasteiger partial charge >= 0.3 is 5.97 Å². The van der Waals surface area contributed by atoms with Gasteiger partial charge in [-0.05, 0) is 19.1 Å². The molecule has 90 valence electrons. The Labute approximate surface area is 99.1 Å². The summed E-state index contributed by atoms with van der Waals surface area (Å²) >= 11 is 0. The largest absolute Gasteiger partial charge is 0.481 e. The van der Waals surface area contributed by atoms with Crippen molar-refractivity contribution in [3.8, 4) is 0 Å². The Bertz CT molecular complexity index is 453. The van der Waals surface area contributed by atoms with Gasteiger partial charge in [-0.15, -0.1) is 0 Å². The van der Waals surface area contributed by atoms with E-state index in [1.807, 2.05) is 0 Å². The van der Waals surface area contributed by atoms with Crippen LogP contribution in [0.15, 0.2) is 18.3 Å². The second-order valence-corrected chi connectivity index (χ2v) is 4.31. The van der Waals surface area contributed by atoms with E-state index in [0.29, 0.717) is 24.3 Å². The van der Waals surface area contributed by atoms with Crippen LogP contribution in [0.25, 0.3) is 0 Å². The number of aromatic nitrogens is 1. The zero-order chi connectivity index (χ0) is 12.4. The second kappa shape index (κ2) is 4.53. The van der Waals surface area contributed by atoms with E-state index in [1.54, 1.807) is 30.2 Å². The standard InChI is InChI=1S/C12H14N2O3/c1-8-10(3-2-4-13-8)12(17)14-6-9(7-14)5-11(15)16/h2-4,9H,5-7H2,1H3,(H,15,16). The molecule has 1 saturated heterocycles. The Morgan fingerprint density at radius 3 is 2.82 bits per heavy atom. The maximum Gasteiger partial charge on any atom is 0.303 e. The summed E-state index contributed by atoms with van der Waals surface area (Å²) in [5.41, 5.74) is 1.31. The summed E-state index contributed by atoms with van der Waals surface area (Å²) in [6, 6.07) is 3.48. The van der Waals surface area contributed by atoms with Crippen molar-refractivity contribution >= 4 is 11.9 Å². The Balaban J connectivity index is 1.96. The molecule has 0 atom stereocenters. The van der Waals surface area contributed by atoms with Crippen molar-refractivity contribution in [3.05, 3.63) is 29.6 Å². The lowest BCUT2D eigenvalue weighted by Crippen LogP contribution is -2.50. The molecule has 1 fully saturated rings. The third-order valence-electron chi connectivity index (χ3n) is 2.95. The highest BCUT2D eigenvalue weighted by Crippen LogP contribution is 2.22. The molecular formula is C12H14N2O3. The number of hydrogen-bond acceptors (Lipinski definition) is 3. The maximum absolute atomic E-state index is 12.0. The van der Waals surface area contributed by atoms with Gasteiger partial charge in [0.25, 0.3) is 5.91 Å². The van der Waals surface area contributed by atoms with Gasteiger partial charge in [-0.2, -0.15) is 0 Å². The minimum Gasteiger partial charge on any atom is -0.481 e. The molecule has 1 aromatic rings. The molecule has 2 heterocycles. The van der Waals surface area contributed by atoms with Crippen molar-refractivity contribution in [1.29, 1.82) is 0 Å². The van der Waals surface area contributed by atoms with E-state index < -0.39 is 5.97 Å². The van der Waals surface area contributed by atoms with E-state index in [1.165, 1.54) is 0 Å². The number of likely N-dealkylation sites (tertiary alicyclic amines) is 1. The monoisotopic (exact) mass is 234 g/mol. The first-order chi connectivity index (χ1) is 8.08. The number of carboxylic acids is 1. The van der Waals surface area contributed by atoms with E-state index in [4.69, 9.17) is 5.11 Å². The molecule has 0 radical (unpaired) electrons. The van der Waals surface area contributed by atoms with Gasteiger partial charge in [0.2, 0.25) is 0 Å². The predicted molar refractivity (Wildman–Crippen MR) is 60.6 cm³/mol. The van der Waals surface area contributed by atoms with Crippen LogP contribution < -0.4 is 0 Å². The molecule has 0 spiro atoms. The molecule has 1 aliphatic heterocycles. The number of aliphatic carboxylic acids is 1. The lowest BCUT2D eigenvalue weighted by atomic mass is 9.95. The fraction of sp³-hybridized carbons (Fsp3) is 0.417. The summed E-state index contributed by atoms with van der Waals surface area (Å²) in [4.78, 5) is 28.2. The molecule has 1 N–H and O–H groups in total. The van der Waals surface area contributed by atoms with Crippen molar-refractivity contribution in [1.82, 2.24) is 9.88 Å². The summed E-state index contributed by atoms with van der Waals surface area (Å²) in [6.45, 7) is 2.85. The van der Waals surface area contributed by atoms with Gasteiger partial charge in [-0.25, -0.2) is 0 Å². The molecule has 2 rings (SSSR count). The SMILES string of the molecule is Cc1ncccc1C(=O)N1CC(CC(=O)O)C1. The lowest BCUT2D eigenvalue weighted by molar-refractivity contribution is -0.139. The number of carboxylic acid groups (broad SMARTS) is 1. The van der Waals surface area contributed by atoms with E-state index in [9.17, 15) is 9.59 Å². The van der Waals surface area contributed by atoms with Crippen molar-refractivity contribution in [2.75, 3.05) is 13.1 Å². The van der Waals surface area contributed by atoms with Crippen LogP contribution in [-0.4, -0.2) is 40.0 Å². The zero-order valence-electron chi connectivity index (χ0n) is 9.59. The Morgan fingerprint density at radius 2 is 2.24 bits per heavy atom. The van der Waals surface area contributed by atoms with Crippen LogP contribution in [0.4, 0.5) is 0 Å². The van der Waals surface area contributed by atoms with Gasteiger partial charge in [-0.3, -0.25) is 14.6 Å². The highest BCUT2D eigenvalue weighted by molar-refractivity contribution is 5.95. The number of nitrogens with zero attached hydrogens (tertiary/aromatic N) is 2. The maximum atomic E-state index is 12.0. The summed E-state index contributed by atoms with van der Waals surface area (Å²) in [7, 11) is 0. The number of aryl methyl sites for hydroxylation is 1. The third kappa shape index (κ3) is 2.43. The predicted octanol–water partition coefficient (Wildman–Crippen LogP) is 0.937. The van der Waals surface area contributed by atoms with Crippen LogP contribution in [0.5, 0.6) is 0 Å². The van der Waals surface area contributed by atoms with E-state index in [-0.39, 0.29) is 18.2 Å². The topological polar surface area (TPSA) is 70.5 Å². The molecule has 1 aromatic heterocycles. The Kier molecular flexibility index (Phi) is 3.08. The van der Waals surface area contributed by atoms with Crippen LogP contribution in [0.2, 0.25) is 0 Å². The second-order valence-electron chi connectivity index (χ2n) is 4.31. The summed E-state index contributed by atoms with van der Waals surface area (Å²) < 4.78 is 0. The Morgan fingerprint density at radius 1 is 1.53 bits per heavy atom. The van der Waals surface area contributed by atoms with E-state index >= 15 is 0 Å². The first-order valence-corrected chi connectivity index (χ1v) is 5.50. The van der Waals surface area contributed by atoms with Gasteiger partial charge in [0, 0.05) is 30.9 Å². The highest BCUT2D eigenvalue weighted by Gasteiger charge is 2.32. The molecule has 0 aromatic carbocycles. The van der Waals surface area contributed by atoms with Crippen LogP contribution in [0.3, 0.4) is 0 Å². The van der Waals surface area contributed by atoms with E-state index in [0.717, 1.165) is 0 Å². The first kappa shape index (κ1) is 11.6. The first-order valence-electron chi connectivity index (χ1n) is 5.50. The van der Waals surface area contributed by atoms with Crippen molar-refractivity contribution in [2.45, 2.75) is 13.3 Å². The van der Waals surface area contributed by atoms with Crippen molar-refractivity contribution in [3.63, 3.8) is 0 Å². The Hall–Kier alpha value is -1.91. The van der Waals surface area contributed by atoms with Gasteiger partial charge in [0.15, 0.2) is 0 Å². The number of amides is 1. The normalized spacial score (nSPS) is 15.5. The quantitative estimate of drug-likeness (QED) is 0.844. The molecule has 0 bridgehead atoms. The molecule has 5 heteroatoms. The fourth-order valence-electron chi connectivity index (χ4n) is 1.99. The number of carbonyl (C=O) groups excluding carboxylic acids is 1. The van der Waals surface area contributed by atoms with Crippen LogP contribution in [0, 0.1) is 12.8 Å². The molecular weight excluding hydrogens is 220 g/mol. The highest BCUT2D eigenvalue weighted by atomic mass is 16.4. The molecule has 5 nitrogen and oxygen atoms in total. The molecule has 17 heavy (non-hydrogen) atoms. The summed E-state index contributed by atoms with van der Waals surface area (Å²) in [5, 5.41) is 8.62. The summed E-state index contributed by atoms with van der Waals surface area (Å²) in [5.74, 6) is -0.773. The zero-order valence-corrected chi connectivity index (χ0v) is 9.59. The van der Waals surface area contributed by atoms with Gasteiger partial charge in [0.1, 0.15) is 0 Å². The van der Waals surface area contributed by atoms with Gasteiger partial charge in [-0.1, -0.05) is 0 Å². The number of pyridine rings is 1. The van der Waals surface area contributed by atoms with Crippen LogP contribution in [-0.2, 0) is 4.79 Å². The van der Waals surface area contributed by atoms with Crippen LogP contribution >= 0.6 is 0 Å². The van der Waals surface area contributed by atoms with Crippen LogP contribution in [0.1, 0.15) is 22.5 Å². The average molecular weight is 234 g/mol. The van der Waals surface area contributed by atoms with Crippen molar-refractivity contribution in [2.24, 2.45) is 5.92 Å². The number of rotatable bonds is 3. The minimum atomic E-state index is -0.806. The molecule has 0 aliphatic carbocycles.